The van der Waals surface area contributed by atoms with Crippen molar-refractivity contribution < 1.29 is 18.3 Å². The number of fused-ring (bicyclic) bond motifs is 1. The number of alkyl halides is 3. The van der Waals surface area contributed by atoms with Crippen molar-refractivity contribution in [2.45, 2.75) is 25.6 Å². The van der Waals surface area contributed by atoms with E-state index in [4.69, 9.17) is 0 Å². The number of hydrogen-bond acceptors (Lipinski definition) is 4. The van der Waals surface area contributed by atoms with Gasteiger partial charge in [0, 0.05) is 23.5 Å². The number of nitrogens with one attached hydrogen (secondary N) is 1. The molecule has 1 saturated heterocycles. The zero-order valence-corrected chi connectivity index (χ0v) is 19.3. The fraction of sp³-hybridized carbons (Fsp3) is 0.214. The third-order valence-electron chi connectivity index (χ3n) is 6.47. The van der Waals surface area contributed by atoms with Gasteiger partial charge in [-0.1, -0.05) is 30.3 Å². The summed E-state index contributed by atoms with van der Waals surface area (Å²) in [6, 6.07) is 17.6. The zero-order valence-electron chi connectivity index (χ0n) is 19.3. The molecule has 3 aromatic carbocycles. The Kier molecular flexibility index (Phi) is 6.36. The van der Waals surface area contributed by atoms with Gasteiger partial charge in [-0.05, 0) is 79.0 Å². The monoisotopic (exact) mass is 491 g/mol. The van der Waals surface area contributed by atoms with E-state index >= 15 is 0 Å². The molecule has 0 radical (unpaired) electrons. The molecule has 0 spiro atoms. The molecule has 0 bridgehead atoms. The lowest BCUT2D eigenvalue weighted by Gasteiger charge is -2.14. The lowest BCUT2D eigenvalue weighted by atomic mass is 9.99. The first-order valence-electron chi connectivity index (χ1n) is 11.7. The lowest BCUT2D eigenvalue weighted by molar-refractivity contribution is -0.137. The molecule has 1 aliphatic heterocycles. The summed E-state index contributed by atoms with van der Waals surface area (Å²) in [5.41, 5.74) is 2.18. The molecular weight excluding hydrogens is 467 g/mol. The van der Waals surface area contributed by atoms with Crippen LogP contribution in [0.3, 0.4) is 0 Å². The Bertz CT molecular complexity index is 1470. The van der Waals surface area contributed by atoms with Gasteiger partial charge in [-0.3, -0.25) is 19.7 Å². The number of aromatic amines is 1. The minimum Gasteiger partial charge on any atom is -0.494 e. The van der Waals surface area contributed by atoms with E-state index < -0.39 is 17.3 Å². The standard InChI is InChI=1S/C28H24F3N3O2/c29-28(30,31)21-8-5-19(6-9-21)20-7-12-23-24(15-20)25(27(36)33-26(23)35)16-32-22-10-3-18(4-11-22)17-34-13-1-2-14-34/h3-12,15-16H,1-2,13-14,17H2,(H2,33,35,36). The highest BCUT2D eigenvalue weighted by Crippen LogP contribution is 2.32. The van der Waals surface area contributed by atoms with Crippen LogP contribution in [0, 0.1) is 0 Å². The maximum Gasteiger partial charge on any atom is 0.416 e. The van der Waals surface area contributed by atoms with Gasteiger partial charge in [-0.25, -0.2) is 0 Å². The van der Waals surface area contributed by atoms with Crippen LogP contribution in [0.5, 0.6) is 5.88 Å². The van der Waals surface area contributed by atoms with Crippen LogP contribution in [0.25, 0.3) is 21.9 Å². The SMILES string of the molecule is O=c1[nH]c(O)c(C=Nc2ccc(CN3CCCC3)cc2)c2cc(-c3ccc(C(F)(F)F)cc3)ccc12. The van der Waals surface area contributed by atoms with Crippen molar-refractivity contribution in [3.63, 3.8) is 0 Å². The molecule has 0 saturated carbocycles. The van der Waals surface area contributed by atoms with Crippen LogP contribution in [-0.4, -0.2) is 34.3 Å². The van der Waals surface area contributed by atoms with E-state index in [9.17, 15) is 23.1 Å². The number of H-pyrrole nitrogens is 1. The largest absolute Gasteiger partial charge is 0.494 e. The average Bonchev–Trinajstić information content (AvgIpc) is 3.37. The maximum absolute atomic E-state index is 12.9. The fourth-order valence-electron chi connectivity index (χ4n) is 4.52. The number of likely N-dealkylation sites (tertiary alicyclic amines) is 1. The highest BCUT2D eigenvalue weighted by Gasteiger charge is 2.30. The smallest absolute Gasteiger partial charge is 0.416 e. The molecule has 2 heterocycles. The molecule has 8 heteroatoms. The topological polar surface area (TPSA) is 68.7 Å². The summed E-state index contributed by atoms with van der Waals surface area (Å²) in [6.45, 7) is 3.14. The molecule has 0 unspecified atom stereocenters. The first kappa shape index (κ1) is 23.8. The fourth-order valence-corrected chi connectivity index (χ4v) is 4.52. The number of hydrogen-bond donors (Lipinski definition) is 2. The summed E-state index contributed by atoms with van der Waals surface area (Å²) in [5.74, 6) is -0.327. The van der Waals surface area contributed by atoms with E-state index in [0.29, 0.717) is 33.2 Å². The second-order valence-electron chi connectivity index (χ2n) is 8.96. The molecule has 0 amide bonds. The Hall–Kier alpha value is -3.91. The van der Waals surface area contributed by atoms with Crippen molar-refractivity contribution in [3.8, 4) is 17.0 Å². The van der Waals surface area contributed by atoms with E-state index in [0.717, 1.165) is 31.8 Å². The van der Waals surface area contributed by atoms with E-state index in [1.54, 1.807) is 18.2 Å². The average molecular weight is 492 g/mol. The van der Waals surface area contributed by atoms with Crippen LogP contribution in [0.2, 0.25) is 0 Å². The van der Waals surface area contributed by atoms with Gasteiger partial charge in [0.1, 0.15) is 0 Å². The first-order chi connectivity index (χ1) is 17.3. The van der Waals surface area contributed by atoms with Crippen molar-refractivity contribution in [2.24, 2.45) is 4.99 Å². The molecule has 5 rings (SSSR count). The minimum atomic E-state index is -4.42. The van der Waals surface area contributed by atoms with Crippen LogP contribution in [0.1, 0.15) is 29.5 Å². The summed E-state index contributed by atoms with van der Waals surface area (Å²) in [7, 11) is 0. The van der Waals surface area contributed by atoms with Crippen molar-refractivity contribution in [1.82, 2.24) is 9.88 Å². The highest BCUT2D eigenvalue weighted by molar-refractivity contribution is 6.03. The molecule has 0 atom stereocenters. The quantitative estimate of drug-likeness (QED) is 0.324. The predicted molar refractivity (Wildman–Crippen MR) is 135 cm³/mol. The normalized spacial score (nSPS) is 14.8. The van der Waals surface area contributed by atoms with Gasteiger partial charge < -0.3 is 5.11 Å². The van der Waals surface area contributed by atoms with Crippen LogP contribution in [0.4, 0.5) is 18.9 Å². The highest BCUT2D eigenvalue weighted by atomic mass is 19.4. The third kappa shape index (κ3) is 5.04. The minimum absolute atomic E-state index is 0.319. The number of aromatic hydroxyl groups is 1. The number of aliphatic imine (C=N–C) groups is 1. The third-order valence-corrected chi connectivity index (χ3v) is 6.47. The van der Waals surface area contributed by atoms with Crippen LogP contribution < -0.4 is 5.56 Å². The molecule has 184 valence electrons. The van der Waals surface area contributed by atoms with Crippen molar-refractivity contribution in [3.05, 3.63) is 93.8 Å². The molecule has 1 aliphatic rings. The number of nitrogens with zero attached hydrogens (tertiary/aromatic N) is 2. The van der Waals surface area contributed by atoms with Gasteiger partial charge >= 0.3 is 6.18 Å². The first-order valence-corrected chi connectivity index (χ1v) is 11.7. The van der Waals surface area contributed by atoms with Crippen molar-refractivity contribution in [2.75, 3.05) is 13.1 Å². The number of halogens is 3. The molecule has 2 N–H and O–H groups in total. The second-order valence-corrected chi connectivity index (χ2v) is 8.96. The molecule has 1 aromatic heterocycles. The molecule has 1 fully saturated rings. The van der Waals surface area contributed by atoms with Crippen molar-refractivity contribution in [1.29, 1.82) is 0 Å². The molecule has 36 heavy (non-hydrogen) atoms. The molecule has 4 aromatic rings. The predicted octanol–water partition coefficient (Wildman–Crippen LogP) is 6.27. The number of benzene rings is 3. The number of rotatable bonds is 5. The Labute approximate surface area is 205 Å². The molecule has 5 nitrogen and oxygen atoms in total. The Morgan fingerprint density at radius 1 is 0.917 bits per heavy atom. The molecular formula is C28H24F3N3O2. The number of pyridine rings is 1. The molecule has 0 aliphatic carbocycles. The summed E-state index contributed by atoms with van der Waals surface area (Å²) in [6.07, 6.45) is -0.463. The van der Waals surface area contributed by atoms with Gasteiger partial charge in [-0.2, -0.15) is 13.2 Å². The lowest BCUT2D eigenvalue weighted by Crippen LogP contribution is -2.18. The van der Waals surface area contributed by atoms with Gasteiger partial charge in [-0.15, -0.1) is 0 Å². The Morgan fingerprint density at radius 2 is 1.58 bits per heavy atom. The van der Waals surface area contributed by atoms with Gasteiger partial charge in [0.2, 0.25) is 5.88 Å². The van der Waals surface area contributed by atoms with Crippen molar-refractivity contribution >= 4 is 22.7 Å². The van der Waals surface area contributed by atoms with Crippen LogP contribution in [-0.2, 0) is 12.7 Å². The van der Waals surface area contributed by atoms with Gasteiger partial charge in [0.25, 0.3) is 5.56 Å². The Balaban J connectivity index is 1.46. The van der Waals surface area contributed by atoms with E-state index in [1.807, 2.05) is 24.3 Å². The van der Waals surface area contributed by atoms with E-state index in [1.165, 1.54) is 36.8 Å². The van der Waals surface area contributed by atoms with Gasteiger partial charge in [0.15, 0.2) is 0 Å². The number of aromatic nitrogens is 1. The summed E-state index contributed by atoms with van der Waals surface area (Å²) < 4.78 is 38.8. The van der Waals surface area contributed by atoms with E-state index in [2.05, 4.69) is 14.9 Å². The zero-order chi connectivity index (χ0) is 25.3. The summed E-state index contributed by atoms with van der Waals surface area (Å²) in [4.78, 5) is 21.7. The maximum atomic E-state index is 12.9. The van der Waals surface area contributed by atoms with Crippen LogP contribution >= 0.6 is 0 Å². The van der Waals surface area contributed by atoms with Crippen LogP contribution in [0.15, 0.2) is 76.5 Å². The van der Waals surface area contributed by atoms with Gasteiger partial charge in [0.05, 0.1) is 16.8 Å². The summed E-state index contributed by atoms with van der Waals surface area (Å²) in [5, 5.41) is 11.3. The summed E-state index contributed by atoms with van der Waals surface area (Å²) >= 11 is 0. The Morgan fingerprint density at radius 3 is 2.25 bits per heavy atom. The second kappa shape index (κ2) is 9.62. The van der Waals surface area contributed by atoms with E-state index in [-0.39, 0.29) is 5.88 Å².